The fourth-order valence-electron chi connectivity index (χ4n) is 3.12. The molecule has 3 rings (SSSR count). The molecule has 1 saturated heterocycles. The Balaban J connectivity index is 1.49. The van der Waals surface area contributed by atoms with Crippen molar-refractivity contribution in [2.75, 3.05) is 13.2 Å². The molecule has 2 atom stereocenters. The number of amides is 1. The van der Waals surface area contributed by atoms with Gasteiger partial charge in [-0.1, -0.05) is 42.5 Å². The van der Waals surface area contributed by atoms with Gasteiger partial charge in [0.15, 0.2) is 0 Å². The third kappa shape index (κ3) is 4.37. The molecule has 1 aliphatic rings. The number of nitrogens with zero attached hydrogens (tertiary/aromatic N) is 1. The Hall–Kier alpha value is -2.40. The van der Waals surface area contributed by atoms with E-state index in [1.165, 1.54) is 12.1 Å². The SMILES string of the molecule is O=C1OC[C@H](c2ccccc2)N1CCCC[C@H](O)c1ccc(F)cc1. The van der Waals surface area contributed by atoms with Crippen LogP contribution in [0.3, 0.4) is 0 Å². The van der Waals surface area contributed by atoms with Gasteiger partial charge in [0.2, 0.25) is 0 Å². The predicted molar refractivity (Wildman–Crippen MR) is 92.4 cm³/mol. The number of benzene rings is 2. The Morgan fingerprint density at radius 1 is 1.12 bits per heavy atom. The molecule has 0 spiro atoms. The number of ether oxygens (including phenoxy) is 1. The summed E-state index contributed by atoms with van der Waals surface area (Å²) in [7, 11) is 0. The van der Waals surface area contributed by atoms with E-state index in [0.717, 1.165) is 18.4 Å². The van der Waals surface area contributed by atoms with Crippen LogP contribution in [0.4, 0.5) is 9.18 Å². The summed E-state index contributed by atoms with van der Waals surface area (Å²) in [6.45, 7) is 0.968. The maximum absolute atomic E-state index is 12.9. The van der Waals surface area contributed by atoms with E-state index in [4.69, 9.17) is 4.74 Å². The van der Waals surface area contributed by atoms with Gasteiger partial charge < -0.3 is 9.84 Å². The van der Waals surface area contributed by atoms with E-state index in [-0.39, 0.29) is 18.0 Å². The van der Waals surface area contributed by atoms with Gasteiger partial charge in [-0.25, -0.2) is 9.18 Å². The molecule has 0 aliphatic carbocycles. The molecule has 132 valence electrons. The summed E-state index contributed by atoms with van der Waals surface area (Å²) < 4.78 is 18.1. The number of aliphatic hydroxyl groups is 1. The molecule has 1 heterocycles. The largest absolute Gasteiger partial charge is 0.447 e. The maximum atomic E-state index is 12.9. The van der Waals surface area contributed by atoms with Gasteiger partial charge in [-0.15, -0.1) is 0 Å². The fraction of sp³-hybridized carbons (Fsp3) is 0.350. The van der Waals surface area contributed by atoms with Crippen LogP contribution in [-0.4, -0.2) is 29.3 Å². The Bertz CT molecular complexity index is 690. The van der Waals surface area contributed by atoms with Gasteiger partial charge in [0.1, 0.15) is 12.4 Å². The van der Waals surface area contributed by atoms with Crippen molar-refractivity contribution in [1.29, 1.82) is 0 Å². The molecule has 0 bridgehead atoms. The average Bonchev–Trinajstić information content (AvgIpc) is 3.00. The van der Waals surface area contributed by atoms with Crippen LogP contribution < -0.4 is 0 Å². The zero-order valence-corrected chi connectivity index (χ0v) is 14.0. The molecule has 5 heteroatoms. The predicted octanol–water partition coefficient (Wildman–Crippen LogP) is 4.22. The molecule has 1 N–H and O–H groups in total. The van der Waals surface area contributed by atoms with E-state index in [1.807, 2.05) is 30.3 Å². The number of hydrogen-bond donors (Lipinski definition) is 1. The molecular formula is C20H22FNO3. The number of aliphatic hydroxyl groups excluding tert-OH is 1. The summed E-state index contributed by atoms with van der Waals surface area (Å²) in [5, 5.41) is 10.2. The minimum absolute atomic E-state index is 0.0456. The van der Waals surface area contributed by atoms with Gasteiger partial charge in [-0.2, -0.15) is 0 Å². The lowest BCUT2D eigenvalue weighted by molar-refractivity contribution is 0.152. The van der Waals surface area contributed by atoms with Gasteiger partial charge in [0.25, 0.3) is 0 Å². The number of halogens is 1. The van der Waals surface area contributed by atoms with Gasteiger partial charge in [0, 0.05) is 6.54 Å². The molecular weight excluding hydrogens is 321 g/mol. The normalized spacial score (nSPS) is 18.2. The fourth-order valence-corrected chi connectivity index (χ4v) is 3.12. The first-order valence-corrected chi connectivity index (χ1v) is 8.57. The van der Waals surface area contributed by atoms with Gasteiger partial charge in [0.05, 0.1) is 12.1 Å². The molecule has 0 unspecified atom stereocenters. The zero-order chi connectivity index (χ0) is 17.6. The van der Waals surface area contributed by atoms with Crippen molar-refractivity contribution >= 4 is 6.09 Å². The van der Waals surface area contributed by atoms with Crippen LogP contribution in [0.5, 0.6) is 0 Å². The van der Waals surface area contributed by atoms with E-state index in [9.17, 15) is 14.3 Å². The zero-order valence-electron chi connectivity index (χ0n) is 14.0. The highest BCUT2D eigenvalue weighted by molar-refractivity contribution is 5.70. The average molecular weight is 343 g/mol. The van der Waals surface area contributed by atoms with Crippen molar-refractivity contribution in [3.05, 3.63) is 71.5 Å². The van der Waals surface area contributed by atoms with Crippen LogP contribution in [0.2, 0.25) is 0 Å². The Morgan fingerprint density at radius 3 is 2.56 bits per heavy atom. The Labute approximate surface area is 146 Å². The molecule has 1 aliphatic heterocycles. The van der Waals surface area contributed by atoms with E-state index < -0.39 is 6.10 Å². The minimum atomic E-state index is -0.615. The molecule has 2 aromatic rings. The molecule has 4 nitrogen and oxygen atoms in total. The molecule has 25 heavy (non-hydrogen) atoms. The lowest BCUT2D eigenvalue weighted by atomic mass is 10.0. The van der Waals surface area contributed by atoms with Crippen molar-refractivity contribution in [3.8, 4) is 0 Å². The second-order valence-electron chi connectivity index (χ2n) is 6.26. The summed E-state index contributed by atoms with van der Waals surface area (Å²) in [6.07, 6.45) is 1.22. The quantitative estimate of drug-likeness (QED) is 0.766. The number of carbonyl (C=O) groups is 1. The molecule has 0 radical (unpaired) electrons. The summed E-state index contributed by atoms with van der Waals surface area (Å²) in [5.41, 5.74) is 1.78. The van der Waals surface area contributed by atoms with Gasteiger partial charge >= 0.3 is 6.09 Å². The second-order valence-corrected chi connectivity index (χ2v) is 6.26. The van der Waals surface area contributed by atoms with Crippen molar-refractivity contribution in [1.82, 2.24) is 4.90 Å². The lowest BCUT2D eigenvalue weighted by Crippen LogP contribution is -2.28. The molecule has 1 fully saturated rings. The minimum Gasteiger partial charge on any atom is -0.447 e. The van der Waals surface area contributed by atoms with Gasteiger partial charge in [-0.3, -0.25) is 4.90 Å². The van der Waals surface area contributed by atoms with Crippen molar-refractivity contribution < 1.29 is 19.0 Å². The monoisotopic (exact) mass is 343 g/mol. The third-order valence-corrected chi connectivity index (χ3v) is 4.54. The molecule has 0 aromatic heterocycles. The summed E-state index contributed by atoms with van der Waals surface area (Å²) in [6, 6.07) is 15.7. The van der Waals surface area contributed by atoms with Crippen LogP contribution in [0.15, 0.2) is 54.6 Å². The smallest absolute Gasteiger partial charge is 0.410 e. The number of hydrogen-bond acceptors (Lipinski definition) is 3. The van der Waals surface area contributed by atoms with Crippen LogP contribution in [-0.2, 0) is 4.74 Å². The van der Waals surface area contributed by atoms with E-state index in [1.54, 1.807) is 17.0 Å². The van der Waals surface area contributed by atoms with E-state index in [2.05, 4.69) is 0 Å². The summed E-state index contributed by atoms with van der Waals surface area (Å²) in [4.78, 5) is 13.7. The van der Waals surface area contributed by atoms with Crippen molar-refractivity contribution in [2.45, 2.75) is 31.4 Å². The highest BCUT2D eigenvalue weighted by Gasteiger charge is 2.33. The highest BCUT2D eigenvalue weighted by atomic mass is 19.1. The number of unbranched alkanes of at least 4 members (excludes halogenated alkanes) is 1. The van der Waals surface area contributed by atoms with Crippen LogP contribution in [0.25, 0.3) is 0 Å². The Morgan fingerprint density at radius 2 is 1.84 bits per heavy atom. The van der Waals surface area contributed by atoms with E-state index in [0.29, 0.717) is 25.1 Å². The summed E-state index contributed by atoms with van der Waals surface area (Å²) in [5.74, 6) is -0.310. The number of cyclic esters (lactones) is 1. The van der Waals surface area contributed by atoms with Crippen LogP contribution in [0.1, 0.15) is 42.5 Å². The molecule has 1 amide bonds. The van der Waals surface area contributed by atoms with Crippen molar-refractivity contribution in [2.24, 2.45) is 0 Å². The number of rotatable bonds is 7. The second kappa shape index (κ2) is 8.12. The number of carbonyl (C=O) groups excluding carboxylic acids is 1. The topological polar surface area (TPSA) is 49.8 Å². The van der Waals surface area contributed by atoms with Crippen LogP contribution >= 0.6 is 0 Å². The highest BCUT2D eigenvalue weighted by Crippen LogP contribution is 2.28. The first-order chi connectivity index (χ1) is 12.1. The van der Waals surface area contributed by atoms with Crippen molar-refractivity contribution in [3.63, 3.8) is 0 Å². The van der Waals surface area contributed by atoms with Gasteiger partial charge in [-0.05, 0) is 42.5 Å². The Kier molecular flexibility index (Phi) is 5.66. The maximum Gasteiger partial charge on any atom is 0.410 e. The molecule has 2 aromatic carbocycles. The first kappa shape index (κ1) is 17.4. The molecule has 0 saturated carbocycles. The standard InChI is InChI=1S/C20H22FNO3/c21-17-11-9-16(10-12-17)19(23)8-4-5-13-22-18(14-25-20(22)24)15-6-2-1-3-7-15/h1-3,6-7,9-12,18-19,23H,4-5,8,13-14H2/t18-,19+/m1/s1. The van der Waals surface area contributed by atoms with Crippen LogP contribution in [0, 0.1) is 5.82 Å². The summed E-state index contributed by atoms with van der Waals surface area (Å²) >= 11 is 0. The van der Waals surface area contributed by atoms with E-state index >= 15 is 0 Å². The third-order valence-electron chi connectivity index (χ3n) is 4.54. The first-order valence-electron chi connectivity index (χ1n) is 8.57. The lowest BCUT2D eigenvalue weighted by Gasteiger charge is -2.22.